The van der Waals surface area contributed by atoms with E-state index in [0.717, 1.165) is 70.3 Å². The summed E-state index contributed by atoms with van der Waals surface area (Å²) in [4.78, 5) is 16.1. The van der Waals surface area contributed by atoms with E-state index < -0.39 is 0 Å². The lowest BCUT2D eigenvalue weighted by molar-refractivity contribution is 0.216. The van der Waals surface area contributed by atoms with Crippen molar-refractivity contribution in [2.24, 2.45) is 10.7 Å². The summed E-state index contributed by atoms with van der Waals surface area (Å²) in [6.45, 7) is 9.34. The van der Waals surface area contributed by atoms with Crippen molar-refractivity contribution in [3.63, 3.8) is 0 Å². The predicted octanol–water partition coefficient (Wildman–Crippen LogP) is 4.06. The lowest BCUT2D eigenvalue weighted by atomic mass is 9.99. The molecule has 182 valence electrons. The second-order valence-corrected chi connectivity index (χ2v) is 10.8. The Hall–Kier alpha value is -2.71. The van der Waals surface area contributed by atoms with Crippen LogP contribution in [0.15, 0.2) is 65.7 Å². The van der Waals surface area contributed by atoms with Crippen molar-refractivity contribution >= 4 is 28.4 Å². The Morgan fingerprint density at radius 3 is 2.37 bits per heavy atom. The van der Waals surface area contributed by atoms with E-state index in [2.05, 4.69) is 80.3 Å². The number of aliphatic imine (C=N–C) groups is 1. The first-order valence-electron chi connectivity index (χ1n) is 12.7. The van der Waals surface area contributed by atoms with Gasteiger partial charge < -0.3 is 15.5 Å². The number of hydrogen-bond acceptors (Lipinski definition) is 7. The second kappa shape index (κ2) is 10.1. The molecule has 0 spiro atoms. The van der Waals surface area contributed by atoms with E-state index in [0.29, 0.717) is 0 Å². The normalized spacial score (nSPS) is 20.7. The van der Waals surface area contributed by atoms with Crippen molar-refractivity contribution in [1.82, 2.24) is 14.7 Å². The van der Waals surface area contributed by atoms with Crippen LogP contribution in [0.4, 0.5) is 10.7 Å². The number of para-hydroxylation sites is 1. The number of fused-ring (bicyclic) bond motifs is 3. The zero-order chi connectivity index (χ0) is 23.6. The zero-order valence-corrected chi connectivity index (χ0v) is 21.0. The van der Waals surface area contributed by atoms with Crippen LogP contribution in [-0.2, 0) is 19.5 Å². The third kappa shape index (κ3) is 4.86. The summed E-state index contributed by atoms with van der Waals surface area (Å²) in [5.74, 6) is 0. The van der Waals surface area contributed by atoms with Crippen LogP contribution in [0.2, 0.25) is 0 Å². The minimum Gasteiger partial charge on any atom is -0.369 e. The monoisotopic (exact) mass is 486 g/mol. The predicted molar refractivity (Wildman–Crippen MR) is 145 cm³/mol. The molecule has 2 aromatic carbocycles. The van der Waals surface area contributed by atoms with Gasteiger partial charge in [-0.05, 0) is 29.7 Å². The Labute approximate surface area is 212 Å². The highest BCUT2D eigenvalue weighted by atomic mass is 32.1. The van der Waals surface area contributed by atoms with E-state index in [-0.39, 0.29) is 6.17 Å². The number of nitrogens with two attached hydrogens (primary N) is 1. The summed E-state index contributed by atoms with van der Waals surface area (Å²) >= 11 is 1.84. The Bertz CT molecular complexity index is 1150. The second-order valence-electron chi connectivity index (χ2n) is 9.76. The Balaban J connectivity index is 1.05. The van der Waals surface area contributed by atoms with E-state index >= 15 is 0 Å². The maximum absolute atomic E-state index is 6.83. The number of piperazine rings is 1. The van der Waals surface area contributed by atoms with Gasteiger partial charge in [-0.2, -0.15) is 0 Å². The molecule has 0 amide bonds. The van der Waals surface area contributed by atoms with Crippen molar-refractivity contribution < 1.29 is 0 Å². The first-order valence-corrected chi connectivity index (χ1v) is 13.5. The van der Waals surface area contributed by atoms with Crippen molar-refractivity contribution in [2.75, 3.05) is 50.7 Å². The number of anilines is 1. The fourth-order valence-electron chi connectivity index (χ4n) is 5.53. The molecule has 7 heteroatoms. The molecule has 6 nitrogen and oxygen atoms in total. The molecule has 6 rings (SSSR count). The highest BCUT2D eigenvalue weighted by Crippen LogP contribution is 2.44. The van der Waals surface area contributed by atoms with Crippen LogP contribution in [0.3, 0.4) is 0 Å². The van der Waals surface area contributed by atoms with Gasteiger partial charge in [0.1, 0.15) is 11.2 Å². The lowest BCUT2D eigenvalue weighted by Gasteiger charge is -2.38. The van der Waals surface area contributed by atoms with Crippen LogP contribution in [0.1, 0.15) is 27.7 Å². The molecule has 2 N–H and O–H groups in total. The maximum atomic E-state index is 6.83. The van der Waals surface area contributed by atoms with Gasteiger partial charge in [0.25, 0.3) is 0 Å². The fourth-order valence-corrected chi connectivity index (χ4v) is 6.80. The standard InChI is InChI=1S/C28H34N6S/c29-27-26-24-11-12-32(19-22-7-3-1-4-8-22)20-25(24)35-28(26)30-21-34(27)18-15-31-13-16-33(17-14-31)23-9-5-2-6-10-23/h1-10,21,27H,11-20,29H2. The fraction of sp³-hybridized carbons (Fsp3) is 0.393. The van der Waals surface area contributed by atoms with Crippen LogP contribution < -0.4 is 10.6 Å². The van der Waals surface area contributed by atoms with Gasteiger partial charge in [-0.1, -0.05) is 48.5 Å². The van der Waals surface area contributed by atoms with Crippen molar-refractivity contribution in [1.29, 1.82) is 0 Å². The summed E-state index contributed by atoms with van der Waals surface area (Å²) in [5, 5.41) is 1.12. The molecule has 4 heterocycles. The largest absolute Gasteiger partial charge is 0.369 e. The average molecular weight is 487 g/mol. The molecular weight excluding hydrogens is 452 g/mol. The quantitative estimate of drug-likeness (QED) is 0.570. The van der Waals surface area contributed by atoms with Crippen LogP contribution in [0, 0.1) is 0 Å². The van der Waals surface area contributed by atoms with Gasteiger partial charge in [0, 0.05) is 75.0 Å². The lowest BCUT2D eigenvalue weighted by Crippen LogP contribution is -2.49. The van der Waals surface area contributed by atoms with Gasteiger partial charge in [0.05, 0.1) is 6.34 Å². The number of benzene rings is 2. The van der Waals surface area contributed by atoms with Crippen LogP contribution >= 0.6 is 11.3 Å². The summed E-state index contributed by atoms with van der Waals surface area (Å²) < 4.78 is 0. The summed E-state index contributed by atoms with van der Waals surface area (Å²) in [6.07, 6.45) is 2.96. The minimum absolute atomic E-state index is 0.0891. The third-order valence-corrected chi connectivity index (χ3v) is 8.69. The van der Waals surface area contributed by atoms with Gasteiger partial charge in [-0.15, -0.1) is 11.3 Å². The first kappa shape index (κ1) is 22.7. The van der Waals surface area contributed by atoms with E-state index in [9.17, 15) is 0 Å². The van der Waals surface area contributed by atoms with Gasteiger partial charge in [-0.3, -0.25) is 9.80 Å². The molecular formula is C28H34N6S. The van der Waals surface area contributed by atoms with E-state index in [1.165, 1.54) is 27.3 Å². The maximum Gasteiger partial charge on any atom is 0.124 e. The highest BCUT2D eigenvalue weighted by molar-refractivity contribution is 7.16. The molecule has 1 saturated heterocycles. The number of nitrogens with zero attached hydrogens (tertiary/aromatic N) is 5. The molecule has 3 aliphatic rings. The van der Waals surface area contributed by atoms with Crippen molar-refractivity contribution in [3.05, 3.63) is 82.2 Å². The molecule has 1 atom stereocenters. The molecule has 1 fully saturated rings. The third-order valence-electron chi connectivity index (χ3n) is 7.55. The summed E-state index contributed by atoms with van der Waals surface area (Å²) in [6, 6.07) is 21.5. The molecule has 3 aromatic rings. The highest BCUT2D eigenvalue weighted by Gasteiger charge is 2.31. The molecule has 0 radical (unpaired) electrons. The number of rotatable bonds is 6. The van der Waals surface area contributed by atoms with E-state index in [1.807, 2.05) is 17.7 Å². The number of thiophene rings is 1. The molecule has 1 aromatic heterocycles. The molecule has 35 heavy (non-hydrogen) atoms. The van der Waals surface area contributed by atoms with Crippen molar-refractivity contribution in [3.8, 4) is 0 Å². The molecule has 1 unspecified atom stereocenters. The molecule has 0 aliphatic carbocycles. The molecule has 0 saturated carbocycles. The smallest absolute Gasteiger partial charge is 0.124 e. The van der Waals surface area contributed by atoms with Gasteiger partial charge in [0.15, 0.2) is 0 Å². The van der Waals surface area contributed by atoms with Crippen molar-refractivity contribution in [2.45, 2.75) is 25.7 Å². The van der Waals surface area contributed by atoms with E-state index in [4.69, 9.17) is 10.7 Å². The van der Waals surface area contributed by atoms with Gasteiger partial charge in [-0.25, -0.2) is 4.99 Å². The molecule has 3 aliphatic heterocycles. The Morgan fingerprint density at radius 1 is 0.857 bits per heavy atom. The Morgan fingerprint density at radius 2 is 1.60 bits per heavy atom. The minimum atomic E-state index is -0.0891. The summed E-state index contributed by atoms with van der Waals surface area (Å²) in [7, 11) is 0. The first-order chi connectivity index (χ1) is 17.2. The molecule has 0 bridgehead atoms. The van der Waals surface area contributed by atoms with Gasteiger partial charge >= 0.3 is 0 Å². The zero-order valence-electron chi connectivity index (χ0n) is 20.2. The number of hydrogen-bond donors (Lipinski definition) is 1. The van der Waals surface area contributed by atoms with Crippen LogP contribution in [-0.4, -0.2) is 66.9 Å². The topological polar surface area (TPSA) is 51.3 Å². The Kier molecular flexibility index (Phi) is 6.57. The van der Waals surface area contributed by atoms with Crippen LogP contribution in [0.5, 0.6) is 0 Å². The van der Waals surface area contributed by atoms with Gasteiger partial charge in [0.2, 0.25) is 0 Å². The van der Waals surface area contributed by atoms with Crippen LogP contribution in [0.25, 0.3) is 0 Å². The summed E-state index contributed by atoms with van der Waals surface area (Å²) in [5.41, 5.74) is 12.3. The van der Waals surface area contributed by atoms with E-state index in [1.54, 1.807) is 0 Å². The SMILES string of the molecule is NC1c2c(sc3c2CCN(Cc2ccccc2)C3)N=CN1CCN1CCN(c2ccccc2)CC1. The average Bonchev–Trinajstić information content (AvgIpc) is 3.28.